The molecule has 0 aliphatic heterocycles. The van der Waals surface area contributed by atoms with Gasteiger partial charge in [-0.2, -0.15) is 11.8 Å². The first-order valence-corrected chi connectivity index (χ1v) is 6.61. The van der Waals surface area contributed by atoms with E-state index in [2.05, 4.69) is 0 Å². The number of aliphatic hydroxyl groups is 1. The number of hydrogen-bond acceptors (Lipinski definition) is 3. The Morgan fingerprint density at radius 2 is 2.19 bits per heavy atom. The number of hydrogen-bond donors (Lipinski definition) is 1. The molecule has 1 rings (SSSR count). The fraction of sp³-hybridized carbons (Fsp3) is 0.500. The second-order valence-electron chi connectivity index (χ2n) is 3.82. The highest BCUT2D eigenvalue weighted by molar-refractivity contribution is 7.98. The monoisotopic (exact) mass is 243 g/mol. The van der Waals surface area contributed by atoms with Crippen LogP contribution in [0.15, 0.2) is 18.2 Å². The van der Waals surface area contributed by atoms with Gasteiger partial charge in [0.2, 0.25) is 0 Å². The Morgan fingerprint density at radius 3 is 2.75 bits per heavy atom. The van der Waals surface area contributed by atoms with E-state index in [1.54, 1.807) is 23.9 Å². The predicted octanol–water partition coefficient (Wildman–Crippen LogP) is 2.51. The van der Waals surface area contributed by atoms with Gasteiger partial charge in [0.25, 0.3) is 0 Å². The smallest absolute Gasteiger partial charge is 0.146 e. The zero-order valence-electron chi connectivity index (χ0n) is 9.90. The Morgan fingerprint density at radius 1 is 1.50 bits per heavy atom. The largest absolute Gasteiger partial charge is 0.392 e. The first-order chi connectivity index (χ1) is 7.61. The second kappa shape index (κ2) is 6.11. The number of thioether (sulfide) groups is 1. The molecule has 0 radical (unpaired) electrons. The summed E-state index contributed by atoms with van der Waals surface area (Å²) in [4.78, 5) is 1.89. The molecule has 1 N–H and O–H groups in total. The number of para-hydroxylation sites is 1. The lowest BCUT2D eigenvalue weighted by atomic mass is 10.1. The first-order valence-electron chi connectivity index (χ1n) is 5.21. The van der Waals surface area contributed by atoms with Crippen molar-refractivity contribution < 1.29 is 9.50 Å². The quantitative estimate of drug-likeness (QED) is 0.859. The molecule has 4 heteroatoms. The molecule has 1 atom stereocenters. The molecule has 0 fully saturated rings. The molecule has 1 aromatic carbocycles. The van der Waals surface area contributed by atoms with Gasteiger partial charge < -0.3 is 10.0 Å². The molecule has 0 spiro atoms. The summed E-state index contributed by atoms with van der Waals surface area (Å²) >= 11 is 1.73. The molecule has 90 valence electrons. The van der Waals surface area contributed by atoms with Crippen molar-refractivity contribution in [2.24, 2.45) is 0 Å². The van der Waals surface area contributed by atoms with Crippen LogP contribution in [0.4, 0.5) is 10.1 Å². The second-order valence-corrected chi connectivity index (χ2v) is 4.73. The number of anilines is 1. The maximum Gasteiger partial charge on any atom is 0.146 e. The normalized spacial score (nSPS) is 12.6. The van der Waals surface area contributed by atoms with Crippen molar-refractivity contribution in [2.45, 2.75) is 19.6 Å². The van der Waals surface area contributed by atoms with Crippen LogP contribution in [0.2, 0.25) is 0 Å². The molecule has 0 aliphatic carbocycles. The highest BCUT2D eigenvalue weighted by atomic mass is 32.2. The van der Waals surface area contributed by atoms with Gasteiger partial charge in [0.15, 0.2) is 0 Å². The number of nitrogens with zero attached hydrogens (tertiary/aromatic N) is 1. The minimum Gasteiger partial charge on any atom is -0.392 e. The van der Waals surface area contributed by atoms with E-state index < -0.39 is 0 Å². The van der Waals surface area contributed by atoms with Gasteiger partial charge in [0.1, 0.15) is 5.82 Å². The Hall–Kier alpha value is -0.740. The van der Waals surface area contributed by atoms with Gasteiger partial charge in [-0.15, -0.1) is 0 Å². The molecule has 0 bridgehead atoms. The molecule has 1 aromatic rings. The van der Waals surface area contributed by atoms with E-state index in [4.69, 9.17) is 0 Å². The minimum atomic E-state index is -0.276. The van der Waals surface area contributed by atoms with Crippen molar-refractivity contribution in [2.75, 3.05) is 24.0 Å². The number of rotatable bonds is 5. The van der Waals surface area contributed by atoms with Gasteiger partial charge in [-0.05, 0) is 19.2 Å². The third kappa shape index (κ3) is 2.89. The van der Waals surface area contributed by atoms with Gasteiger partial charge in [-0.1, -0.05) is 12.1 Å². The highest BCUT2D eigenvalue weighted by Gasteiger charge is 2.16. The van der Waals surface area contributed by atoms with E-state index >= 15 is 0 Å². The van der Waals surface area contributed by atoms with Gasteiger partial charge >= 0.3 is 0 Å². The average Bonchev–Trinajstić information content (AvgIpc) is 2.28. The zero-order chi connectivity index (χ0) is 12.1. The summed E-state index contributed by atoms with van der Waals surface area (Å²) < 4.78 is 13.7. The summed E-state index contributed by atoms with van der Waals surface area (Å²) in [7, 11) is 1.86. The van der Waals surface area contributed by atoms with Crippen LogP contribution in [0.25, 0.3) is 0 Å². The molecular formula is C12H18FNOS. The minimum absolute atomic E-state index is 0.135. The molecule has 2 nitrogen and oxygen atoms in total. The topological polar surface area (TPSA) is 23.5 Å². The van der Waals surface area contributed by atoms with Gasteiger partial charge in [-0.3, -0.25) is 0 Å². The van der Waals surface area contributed by atoms with Crippen LogP contribution in [-0.2, 0) is 6.61 Å². The van der Waals surface area contributed by atoms with Gasteiger partial charge in [0, 0.05) is 24.4 Å². The van der Waals surface area contributed by atoms with Crippen LogP contribution in [0.1, 0.15) is 12.5 Å². The molecule has 0 heterocycles. The summed E-state index contributed by atoms with van der Waals surface area (Å²) in [5.74, 6) is 0.650. The Bertz CT molecular complexity index is 346. The summed E-state index contributed by atoms with van der Waals surface area (Å²) in [5.41, 5.74) is 1.14. The van der Waals surface area contributed by atoms with Crippen LogP contribution in [-0.4, -0.2) is 30.2 Å². The van der Waals surface area contributed by atoms with E-state index in [0.29, 0.717) is 11.3 Å². The third-order valence-corrected chi connectivity index (χ3v) is 3.48. The summed E-state index contributed by atoms with van der Waals surface area (Å²) in [6.45, 7) is 1.91. The maximum absolute atomic E-state index is 13.7. The van der Waals surface area contributed by atoms with Crippen molar-refractivity contribution in [1.82, 2.24) is 0 Å². The summed E-state index contributed by atoms with van der Waals surface area (Å²) in [6, 6.07) is 5.03. The molecule has 16 heavy (non-hydrogen) atoms. The Kier molecular flexibility index (Phi) is 5.09. The van der Waals surface area contributed by atoms with Crippen molar-refractivity contribution in [1.29, 1.82) is 0 Å². The van der Waals surface area contributed by atoms with Crippen molar-refractivity contribution in [3.05, 3.63) is 29.6 Å². The molecule has 0 amide bonds. The third-order valence-electron chi connectivity index (χ3n) is 2.66. The fourth-order valence-electron chi connectivity index (χ4n) is 1.66. The molecule has 0 saturated heterocycles. The zero-order valence-corrected chi connectivity index (χ0v) is 10.7. The van der Waals surface area contributed by atoms with E-state index in [1.807, 2.05) is 25.1 Å². The molecule has 1 unspecified atom stereocenters. The lowest BCUT2D eigenvalue weighted by Gasteiger charge is -2.28. The van der Waals surface area contributed by atoms with Crippen LogP contribution in [0.3, 0.4) is 0 Å². The lowest BCUT2D eigenvalue weighted by molar-refractivity contribution is 0.281. The molecule has 0 saturated carbocycles. The summed E-state index contributed by atoms with van der Waals surface area (Å²) in [5, 5.41) is 9.20. The lowest BCUT2D eigenvalue weighted by Crippen LogP contribution is -2.32. The van der Waals surface area contributed by atoms with Crippen LogP contribution in [0.5, 0.6) is 0 Å². The first kappa shape index (κ1) is 13.3. The van der Waals surface area contributed by atoms with Crippen molar-refractivity contribution >= 4 is 17.4 Å². The fourth-order valence-corrected chi connectivity index (χ4v) is 2.36. The van der Waals surface area contributed by atoms with Gasteiger partial charge in [-0.25, -0.2) is 4.39 Å². The predicted molar refractivity (Wildman–Crippen MR) is 68.6 cm³/mol. The van der Waals surface area contributed by atoms with Crippen molar-refractivity contribution in [3.8, 4) is 0 Å². The highest BCUT2D eigenvalue weighted by Crippen LogP contribution is 2.25. The van der Waals surface area contributed by atoms with Crippen LogP contribution >= 0.6 is 11.8 Å². The van der Waals surface area contributed by atoms with E-state index in [9.17, 15) is 9.50 Å². The van der Waals surface area contributed by atoms with E-state index in [1.165, 1.54) is 6.07 Å². The molecular weight excluding hydrogens is 225 g/mol. The number of aliphatic hydroxyl groups excluding tert-OH is 1. The SMILES string of the molecule is CSCC(C)N(C)c1c(F)cccc1CO. The molecule has 0 aromatic heterocycles. The van der Waals surface area contributed by atoms with Crippen LogP contribution < -0.4 is 4.90 Å². The maximum atomic E-state index is 13.7. The summed E-state index contributed by atoms with van der Waals surface area (Å²) in [6.07, 6.45) is 2.03. The number of halogens is 1. The van der Waals surface area contributed by atoms with Gasteiger partial charge in [0.05, 0.1) is 12.3 Å². The Labute approximate surface area is 100 Å². The van der Waals surface area contributed by atoms with Crippen molar-refractivity contribution in [3.63, 3.8) is 0 Å². The van der Waals surface area contributed by atoms with Crippen LogP contribution in [0, 0.1) is 5.82 Å². The Balaban J connectivity index is 3.01. The number of benzene rings is 1. The molecule has 0 aliphatic rings. The van der Waals surface area contributed by atoms with E-state index in [-0.39, 0.29) is 18.5 Å². The average molecular weight is 243 g/mol. The van der Waals surface area contributed by atoms with E-state index in [0.717, 1.165) is 5.75 Å². The standard InChI is InChI=1S/C12H18FNOS/c1-9(8-16-3)14(2)12-10(7-15)5-4-6-11(12)13/h4-6,9,15H,7-8H2,1-3H3.